The van der Waals surface area contributed by atoms with Crippen LogP contribution in [-0.4, -0.2) is 35.0 Å². The Morgan fingerprint density at radius 3 is 2.42 bits per heavy atom. The summed E-state index contributed by atoms with van der Waals surface area (Å²) in [7, 11) is 0. The van der Waals surface area contributed by atoms with Crippen LogP contribution in [0.3, 0.4) is 0 Å². The molecular weight excluding hydrogens is 330 g/mol. The van der Waals surface area contributed by atoms with Gasteiger partial charge in [0.1, 0.15) is 11.5 Å². The predicted octanol–water partition coefficient (Wildman–Crippen LogP) is 3.80. The number of unbranched alkanes of at least 4 members (excludes halogenated alkanes) is 2. The zero-order chi connectivity index (χ0) is 18.5. The molecule has 1 aliphatic heterocycles. The summed E-state index contributed by atoms with van der Waals surface area (Å²) in [5, 5.41) is 9.33. The lowest BCUT2D eigenvalue weighted by Crippen LogP contribution is -2.31. The first-order chi connectivity index (χ1) is 12.6. The van der Waals surface area contributed by atoms with E-state index in [1.165, 1.54) is 4.90 Å². The Morgan fingerprint density at radius 1 is 0.962 bits per heavy atom. The van der Waals surface area contributed by atoms with Gasteiger partial charge >= 0.3 is 0 Å². The van der Waals surface area contributed by atoms with E-state index in [0.717, 1.165) is 24.8 Å². The second-order valence-electron chi connectivity index (χ2n) is 6.44. The average Bonchev–Trinajstić information content (AvgIpc) is 2.89. The Morgan fingerprint density at radius 2 is 1.69 bits per heavy atom. The Kier molecular flexibility index (Phi) is 5.56. The molecule has 136 valence electrons. The van der Waals surface area contributed by atoms with Gasteiger partial charge in [0.05, 0.1) is 17.7 Å². The summed E-state index contributed by atoms with van der Waals surface area (Å²) >= 11 is 0. The summed E-state index contributed by atoms with van der Waals surface area (Å²) in [6.07, 6.45) is 3.75. The molecule has 26 heavy (non-hydrogen) atoms. The molecule has 2 aromatic rings. The maximum Gasteiger partial charge on any atom is 0.261 e. The van der Waals surface area contributed by atoms with Crippen LogP contribution in [-0.2, 0) is 6.42 Å². The quantitative estimate of drug-likeness (QED) is 0.579. The summed E-state index contributed by atoms with van der Waals surface area (Å²) < 4.78 is 5.69. The van der Waals surface area contributed by atoms with Crippen LogP contribution in [0.1, 0.15) is 52.5 Å². The first-order valence-electron chi connectivity index (χ1n) is 9.01. The number of ether oxygens (including phenoxy) is 1. The first-order valence-corrected chi connectivity index (χ1v) is 9.01. The van der Waals surface area contributed by atoms with Crippen LogP contribution in [0.2, 0.25) is 0 Å². The smallest absolute Gasteiger partial charge is 0.261 e. The summed E-state index contributed by atoms with van der Waals surface area (Å²) in [6, 6.07) is 11.9. The van der Waals surface area contributed by atoms with Gasteiger partial charge in [0.25, 0.3) is 11.8 Å². The maximum atomic E-state index is 12.6. The third kappa shape index (κ3) is 3.87. The maximum absolute atomic E-state index is 12.6. The number of rotatable bonds is 8. The molecule has 0 radical (unpaired) electrons. The number of imide groups is 1. The molecule has 2 aromatic carbocycles. The van der Waals surface area contributed by atoms with Crippen molar-refractivity contribution in [2.24, 2.45) is 0 Å². The number of hydrogen-bond donors (Lipinski definition) is 1. The Labute approximate surface area is 153 Å². The molecule has 1 heterocycles. The number of aromatic hydroxyl groups is 1. The molecule has 3 rings (SSSR count). The van der Waals surface area contributed by atoms with Gasteiger partial charge in [-0.2, -0.15) is 0 Å². The van der Waals surface area contributed by atoms with Crippen LogP contribution in [0.5, 0.6) is 11.5 Å². The molecule has 1 N–H and O–H groups in total. The van der Waals surface area contributed by atoms with Gasteiger partial charge in [0, 0.05) is 6.54 Å². The Bertz CT molecular complexity index is 798. The lowest BCUT2D eigenvalue weighted by Gasteiger charge is -2.13. The molecule has 5 heteroatoms. The first kappa shape index (κ1) is 18.0. The molecule has 0 saturated heterocycles. The van der Waals surface area contributed by atoms with E-state index >= 15 is 0 Å². The van der Waals surface area contributed by atoms with Gasteiger partial charge in [0.15, 0.2) is 0 Å². The van der Waals surface area contributed by atoms with Crippen molar-refractivity contribution < 1.29 is 19.4 Å². The molecule has 5 nitrogen and oxygen atoms in total. The van der Waals surface area contributed by atoms with Crippen LogP contribution in [0, 0.1) is 0 Å². The van der Waals surface area contributed by atoms with E-state index in [-0.39, 0.29) is 17.6 Å². The van der Waals surface area contributed by atoms with Gasteiger partial charge in [-0.05, 0) is 48.7 Å². The van der Waals surface area contributed by atoms with Crippen LogP contribution < -0.4 is 4.74 Å². The third-order valence-corrected chi connectivity index (χ3v) is 4.52. The topological polar surface area (TPSA) is 66.8 Å². The molecular formula is C21H23NO4. The largest absolute Gasteiger partial charge is 0.508 e. The van der Waals surface area contributed by atoms with Gasteiger partial charge in [-0.1, -0.05) is 31.9 Å². The summed E-state index contributed by atoms with van der Waals surface area (Å²) in [4.78, 5) is 26.4. The molecule has 0 atom stereocenters. The zero-order valence-electron chi connectivity index (χ0n) is 14.9. The van der Waals surface area contributed by atoms with Crippen molar-refractivity contribution in [1.29, 1.82) is 0 Å². The fraction of sp³-hybridized carbons (Fsp3) is 0.333. The number of phenolic OH excluding ortho intramolecular Hbond substituents is 1. The van der Waals surface area contributed by atoms with E-state index in [1.807, 2.05) is 0 Å². The lowest BCUT2D eigenvalue weighted by molar-refractivity contribution is 0.0656. The third-order valence-electron chi connectivity index (χ3n) is 4.52. The molecule has 2 amide bonds. The van der Waals surface area contributed by atoms with Crippen LogP contribution in [0.15, 0.2) is 42.5 Å². The number of carbonyl (C=O) groups is 2. The van der Waals surface area contributed by atoms with Crippen molar-refractivity contribution in [3.63, 3.8) is 0 Å². The predicted molar refractivity (Wildman–Crippen MR) is 98.6 cm³/mol. The number of fused-ring (bicyclic) bond motifs is 1. The van der Waals surface area contributed by atoms with Crippen LogP contribution in [0.25, 0.3) is 0 Å². The normalized spacial score (nSPS) is 13.2. The van der Waals surface area contributed by atoms with E-state index in [4.69, 9.17) is 4.74 Å². The highest BCUT2D eigenvalue weighted by atomic mass is 16.5. The van der Waals surface area contributed by atoms with Crippen molar-refractivity contribution in [1.82, 2.24) is 4.90 Å². The van der Waals surface area contributed by atoms with E-state index in [2.05, 4.69) is 6.92 Å². The van der Waals surface area contributed by atoms with Crippen molar-refractivity contribution in [3.8, 4) is 11.5 Å². The molecule has 0 aliphatic carbocycles. The van der Waals surface area contributed by atoms with Gasteiger partial charge in [-0.3, -0.25) is 14.5 Å². The highest BCUT2D eigenvalue weighted by Gasteiger charge is 2.35. The van der Waals surface area contributed by atoms with Gasteiger partial charge in [0.2, 0.25) is 0 Å². The minimum absolute atomic E-state index is 0.195. The van der Waals surface area contributed by atoms with Crippen LogP contribution in [0.4, 0.5) is 0 Å². The number of carbonyl (C=O) groups excluding carboxylic acids is 2. The SMILES string of the molecule is CCCCCOc1ccc2c(c1)C(=O)N(CCc1ccc(O)cc1)C2=O. The number of amides is 2. The second kappa shape index (κ2) is 8.04. The Hall–Kier alpha value is -2.82. The molecule has 0 unspecified atom stereocenters. The van der Waals surface area contributed by atoms with E-state index < -0.39 is 0 Å². The van der Waals surface area contributed by atoms with E-state index in [9.17, 15) is 14.7 Å². The van der Waals surface area contributed by atoms with E-state index in [0.29, 0.717) is 36.4 Å². The zero-order valence-corrected chi connectivity index (χ0v) is 14.9. The molecule has 0 fully saturated rings. The van der Waals surface area contributed by atoms with Gasteiger partial charge in [-0.15, -0.1) is 0 Å². The van der Waals surface area contributed by atoms with Gasteiger partial charge in [-0.25, -0.2) is 0 Å². The highest BCUT2D eigenvalue weighted by Crippen LogP contribution is 2.27. The van der Waals surface area contributed by atoms with Crippen molar-refractivity contribution >= 4 is 11.8 Å². The minimum atomic E-state index is -0.275. The highest BCUT2D eigenvalue weighted by molar-refractivity contribution is 6.21. The molecule has 0 aromatic heterocycles. The number of phenols is 1. The average molecular weight is 353 g/mol. The van der Waals surface area contributed by atoms with Crippen molar-refractivity contribution in [2.75, 3.05) is 13.2 Å². The molecule has 0 saturated carbocycles. The van der Waals surface area contributed by atoms with Crippen molar-refractivity contribution in [3.05, 3.63) is 59.2 Å². The van der Waals surface area contributed by atoms with Gasteiger partial charge < -0.3 is 9.84 Å². The molecule has 0 spiro atoms. The summed E-state index contributed by atoms with van der Waals surface area (Å²) in [6.45, 7) is 3.05. The number of benzene rings is 2. The molecule has 1 aliphatic rings. The fourth-order valence-electron chi connectivity index (χ4n) is 3.01. The number of hydrogen-bond acceptors (Lipinski definition) is 4. The summed E-state index contributed by atoms with van der Waals surface area (Å²) in [5.41, 5.74) is 1.80. The number of nitrogens with zero attached hydrogens (tertiary/aromatic N) is 1. The van der Waals surface area contributed by atoms with Crippen LogP contribution >= 0.6 is 0 Å². The monoisotopic (exact) mass is 353 g/mol. The lowest BCUT2D eigenvalue weighted by atomic mass is 10.1. The van der Waals surface area contributed by atoms with E-state index in [1.54, 1.807) is 42.5 Å². The fourth-order valence-corrected chi connectivity index (χ4v) is 3.01. The Balaban J connectivity index is 1.65. The second-order valence-corrected chi connectivity index (χ2v) is 6.44. The standard InChI is InChI=1S/C21H23NO4/c1-2-3-4-13-26-17-9-10-18-19(14-17)21(25)22(20(18)24)12-11-15-5-7-16(23)8-6-15/h5-10,14,23H,2-4,11-13H2,1H3. The minimum Gasteiger partial charge on any atom is -0.508 e. The van der Waals surface area contributed by atoms with Crippen molar-refractivity contribution in [2.45, 2.75) is 32.6 Å². The molecule has 0 bridgehead atoms. The summed E-state index contributed by atoms with van der Waals surface area (Å²) in [5.74, 6) is 0.284.